The molecule has 0 aliphatic carbocycles. The Morgan fingerprint density at radius 3 is 2.76 bits per heavy atom. The SMILES string of the molecule is COc1ccc(C)cc1CNCCCCCBr. The van der Waals surface area contributed by atoms with Crippen LogP contribution >= 0.6 is 15.9 Å². The van der Waals surface area contributed by atoms with E-state index < -0.39 is 0 Å². The summed E-state index contributed by atoms with van der Waals surface area (Å²) >= 11 is 3.45. The summed E-state index contributed by atoms with van der Waals surface area (Å²) in [5.74, 6) is 0.976. The molecule has 0 fully saturated rings. The predicted molar refractivity (Wildman–Crippen MR) is 77.1 cm³/mol. The van der Waals surface area contributed by atoms with Crippen LogP contribution in [0.1, 0.15) is 30.4 Å². The minimum atomic E-state index is 0.888. The lowest BCUT2D eigenvalue weighted by molar-refractivity contribution is 0.407. The van der Waals surface area contributed by atoms with E-state index in [-0.39, 0.29) is 0 Å². The minimum absolute atomic E-state index is 0.888. The molecule has 0 saturated carbocycles. The molecule has 96 valence electrons. The van der Waals surface area contributed by atoms with Crippen molar-refractivity contribution < 1.29 is 4.74 Å². The fourth-order valence-corrected chi connectivity index (χ4v) is 2.19. The largest absolute Gasteiger partial charge is 0.496 e. The molecule has 0 aliphatic rings. The summed E-state index contributed by atoms with van der Waals surface area (Å²) in [6.07, 6.45) is 3.78. The highest BCUT2D eigenvalue weighted by Gasteiger charge is 2.02. The van der Waals surface area contributed by atoms with Gasteiger partial charge in [0, 0.05) is 17.4 Å². The molecule has 0 aliphatic heterocycles. The fourth-order valence-electron chi connectivity index (χ4n) is 1.79. The predicted octanol–water partition coefficient (Wildman–Crippen LogP) is 3.66. The topological polar surface area (TPSA) is 21.3 Å². The number of halogens is 1. The minimum Gasteiger partial charge on any atom is -0.496 e. The van der Waals surface area contributed by atoms with Gasteiger partial charge in [0.25, 0.3) is 0 Å². The lowest BCUT2D eigenvalue weighted by Crippen LogP contribution is -2.15. The van der Waals surface area contributed by atoms with E-state index in [1.54, 1.807) is 7.11 Å². The van der Waals surface area contributed by atoms with E-state index in [9.17, 15) is 0 Å². The maximum absolute atomic E-state index is 5.35. The van der Waals surface area contributed by atoms with Crippen LogP contribution in [0.4, 0.5) is 0 Å². The normalized spacial score (nSPS) is 10.5. The Bertz CT molecular complexity index is 328. The third-order valence-corrected chi connectivity index (χ3v) is 3.30. The van der Waals surface area contributed by atoms with Crippen LogP contribution in [0.5, 0.6) is 5.75 Å². The highest BCUT2D eigenvalue weighted by Crippen LogP contribution is 2.19. The molecule has 1 aromatic rings. The highest BCUT2D eigenvalue weighted by atomic mass is 79.9. The summed E-state index contributed by atoms with van der Waals surface area (Å²) in [5.41, 5.74) is 2.52. The first-order valence-corrected chi connectivity index (χ1v) is 7.30. The van der Waals surface area contributed by atoms with Gasteiger partial charge in [-0.05, 0) is 32.4 Å². The van der Waals surface area contributed by atoms with Crippen LogP contribution in [0.25, 0.3) is 0 Å². The molecule has 17 heavy (non-hydrogen) atoms. The Morgan fingerprint density at radius 2 is 2.06 bits per heavy atom. The number of nitrogens with one attached hydrogen (secondary N) is 1. The second kappa shape index (κ2) is 8.54. The van der Waals surface area contributed by atoms with Gasteiger partial charge in [-0.3, -0.25) is 0 Å². The zero-order valence-corrected chi connectivity index (χ0v) is 12.3. The maximum atomic E-state index is 5.35. The van der Waals surface area contributed by atoms with Gasteiger partial charge in [0.1, 0.15) is 5.75 Å². The Balaban J connectivity index is 2.32. The molecule has 0 unspecified atom stereocenters. The number of hydrogen-bond acceptors (Lipinski definition) is 2. The van der Waals surface area contributed by atoms with Crippen LogP contribution in [0, 0.1) is 6.92 Å². The highest BCUT2D eigenvalue weighted by molar-refractivity contribution is 9.09. The molecular formula is C14H22BrNO. The van der Waals surface area contributed by atoms with Crippen molar-refractivity contribution in [2.75, 3.05) is 19.0 Å². The number of methoxy groups -OCH3 is 1. The number of alkyl halides is 1. The van der Waals surface area contributed by atoms with Gasteiger partial charge in [0.15, 0.2) is 0 Å². The number of rotatable bonds is 8. The van der Waals surface area contributed by atoms with Gasteiger partial charge in [0.2, 0.25) is 0 Å². The van der Waals surface area contributed by atoms with Gasteiger partial charge < -0.3 is 10.1 Å². The summed E-state index contributed by atoms with van der Waals surface area (Å²) in [6.45, 7) is 4.07. The van der Waals surface area contributed by atoms with Gasteiger partial charge in [-0.1, -0.05) is 40.0 Å². The number of hydrogen-bond donors (Lipinski definition) is 1. The van der Waals surface area contributed by atoms with Crippen LogP contribution in [-0.4, -0.2) is 19.0 Å². The van der Waals surface area contributed by atoms with E-state index in [0.717, 1.165) is 24.2 Å². The number of ether oxygens (including phenoxy) is 1. The molecule has 3 heteroatoms. The Hall–Kier alpha value is -0.540. The molecule has 0 bridgehead atoms. The molecule has 0 spiro atoms. The van der Waals surface area contributed by atoms with E-state index >= 15 is 0 Å². The Morgan fingerprint density at radius 1 is 1.24 bits per heavy atom. The lowest BCUT2D eigenvalue weighted by atomic mass is 10.1. The molecule has 0 aromatic heterocycles. The molecule has 0 atom stereocenters. The number of unbranched alkanes of at least 4 members (excludes halogenated alkanes) is 2. The number of aryl methyl sites for hydroxylation is 1. The molecule has 2 nitrogen and oxygen atoms in total. The molecule has 0 heterocycles. The van der Waals surface area contributed by atoms with Gasteiger partial charge in [-0.25, -0.2) is 0 Å². The molecular weight excluding hydrogens is 278 g/mol. The second-order valence-corrected chi connectivity index (χ2v) is 5.03. The summed E-state index contributed by atoms with van der Waals surface area (Å²) < 4.78 is 5.35. The first-order chi connectivity index (χ1) is 8.27. The molecule has 1 N–H and O–H groups in total. The van der Waals surface area contributed by atoms with Crippen molar-refractivity contribution in [1.82, 2.24) is 5.32 Å². The maximum Gasteiger partial charge on any atom is 0.123 e. The zero-order chi connectivity index (χ0) is 12.5. The van der Waals surface area contributed by atoms with Crippen LogP contribution in [0.15, 0.2) is 18.2 Å². The Kier molecular flexibility index (Phi) is 7.29. The third kappa shape index (κ3) is 5.55. The van der Waals surface area contributed by atoms with Crippen molar-refractivity contribution in [2.45, 2.75) is 32.7 Å². The van der Waals surface area contributed by atoms with Crippen molar-refractivity contribution in [3.05, 3.63) is 29.3 Å². The average molecular weight is 300 g/mol. The van der Waals surface area contributed by atoms with Gasteiger partial charge >= 0.3 is 0 Å². The molecule has 0 amide bonds. The van der Waals surface area contributed by atoms with Crippen LogP contribution in [0.3, 0.4) is 0 Å². The lowest BCUT2D eigenvalue weighted by Gasteiger charge is -2.10. The summed E-state index contributed by atoms with van der Waals surface area (Å²) in [7, 11) is 1.73. The fraction of sp³-hybridized carbons (Fsp3) is 0.571. The standard InChI is InChI=1S/C14H22BrNO/c1-12-6-7-14(17-2)13(10-12)11-16-9-5-3-4-8-15/h6-7,10,16H,3-5,8-9,11H2,1-2H3. The summed E-state index contributed by atoms with van der Waals surface area (Å²) in [5, 5.41) is 4.58. The average Bonchev–Trinajstić information content (AvgIpc) is 2.34. The Labute approximate surface area is 113 Å². The summed E-state index contributed by atoms with van der Waals surface area (Å²) in [6, 6.07) is 6.31. The molecule has 0 radical (unpaired) electrons. The van der Waals surface area contributed by atoms with Crippen LogP contribution in [-0.2, 0) is 6.54 Å². The number of benzene rings is 1. The van der Waals surface area contributed by atoms with Gasteiger partial charge in [-0.2, -0.15) is 0 Å². The molecule has 1 rings (SSSR count). The van der Waals surface area contributed by atoms with E-state index in [4.69, 9.17) is 4.74 Å². The molecule has 0 saturated heterocycles. The van der Waals surface area contributed by atoms with E-state index in [1.165, 1.54) is 30.4 Å². The van der Waals surface area contributed by atoms with Gasteiger partial charge in [0.05, 0.1) is 7.11 Å². The second-order valence-electron chi connectivity index (χ2n) is 4.24. The van der Waals surface area contributed by atoms with Crippen molar-refractivity contribution in [3.8, 4) is 5.75 Å². The van der Waals surface area contributed by atoms with E-state index in [2.05, 4.69) is 40.3 Å². The van der Waals surface area contributed by atoms with Crippen LogP contribution in [0.2, 0.25) is 0 Å². The third-order valence-electron chi connectivity index (χ3n) is 2.74. The van der Waals surface area contributed by atoms with Crippen molar-refractivity contribution >= 4 is 15.9 Å². The van der Waals surface area contributed by atoms with Crippen molar-refractivity contribution in [3.63, 3.8) is 0 Å². The van der Waals surface area contributed by atoms with Gasteiger partial charge in [-0.15, -0.1) is 0 Å². The molecule has 1 aromatic carbocycles. The van der Waals surface area contributed by atoms with E-state index in [1.807, 2.05) is 6.07 Å². The quantitative estimate of drug-likeness (QED) is 0.584. The first-order valence-electron chi connectivity index (χ1n) is 6.18. The summed E-state index contributed by atoms with van der Waals surface area (Å²) in [4.78, 5) is 0. The van der Waals surface area contributed by atoms with Crippen molar-refractivity contribution in [1.29, 1.82) is 0 Å². The zero-order valence-electron chi connectivity index (χ0n) is 10.8. The monoisotopic (exact) mass is 299 g/mol. The van der Waals surface area contributed by atoms with E-state index in [0.29, 0.717) is 0 Å². The smallest absolute Gasteiger partial charge is 0.123 e. The van der Waals surface area contributed by atoms with Crippen LogP contribution < -0.4 is 10.1 Å². The first kappa shape index (κ1) is 14.5. The van der Waals surface area contributed by atoms with Crippen molar-refractivity contribution in [2.24, 2.45) is 0 Å².